The SMILES string of the molecule is CC[CH2][Sn][CH2]CC.[Br-].[Br-]. The quantitative estimate of drug-likeness (QED) is 0.357. The summed E-state index contributed by atoms with van der Waals surface area (Å²) < 4.78 is 3.19. The molecule has 0 aliphatic carbocycles. The van der Waals surface area contributed by atoms with Crippen LogP contribution >= 0.6 is 0 Å². The van der Waals surface area contributed by atoms with Crippen molar-refractivity contribution in [3.63, 3.8) is 0 Å². The molecule has 58 valence electrons. The number of rotatable bonds is 4. The van der Waals surface area contributed by atoms with E-state index >= 15 is 0 Å². The topological polar surface area (TPSA) is 0 Å². The minimum Gasteiger partial charge on any atom is -1.00 e. The zero-order valence-electron chi connectivity index (χ0n) is 6.08. The summed E-state index contributed by atoms with van der Waals surface area (Å²) in [6.07, 6.45) is 2.87. The average Bonchev–Trinajstić information content (AvgIpc) is 1.69. The standard InChI is InChI=1S/2C3H7.2BrH.Sn/c2*1-3-2;;;/h2*1,3H2,2H3;2*1H;/p-2. The van der Waals surface area contributed by atoms with E-state index in [2.05, 4.69) is 13.8 Å². The van der Waals surface area contributed by atoms with Gasteiger partial charge in [-0.3, -0.25) is 0 Å². The zero-order valence-corrected chi connectivity index (χ0v) is 12.1. The first-order chi connectivity index (χ1) is 3.41. The number of hydrogen-bond donors (Lipinski definition) is 0. The Labute approximate surface area is 89.9 Å². The molecule has 0 aliphatic heterocycles. The van der Waals surface area contributed by atoms with E-state index in [-0.39, 0.29) is 55.1 Å². The molecule has 0 rings (SSSR count). The second-order valence-electron chi connectivity index (χ2n) is 1.75. The molecule has 0 saturated carbocycles. The summed E-state index contributed by atoms with van der Waals surface area (Å²) >= 11 is 0.181. The molecule has 0 bridgehead atoms. The third kappa shape index (κ3) is 17.7. The van der Waals surface area contributed by atoms with Gasteiger partial charge >= 0.3 is 56.7 Å². The van der Waals surface area contributed by atoms with Crippen LogP contribution in [0, 0.1) is 0 Å². The summed E-state index contributed by atoms with van der Waals surface area (Å²) in [7, 11) is 0. The predicted octanol–water partition coefficient (Wildman–Crippen LogP) is -3.64. The fourth-order valence-electron chi connectivity index (χ4n) is 0.479. The van der Waals surface area contributed by atoms with Gasteiger partial charge in [0.25, 0.3) is 0 Å². The summed E-state index contributed by atoms with van der Waals surface area (Å²) in [4.78, 5) is 0. The van der Waals surface area contributed by atoms with Crippen LogP contribution in [0.25, 0.3) is 0 Å². The maximum absolute atomic E-state index is 2.29. The van der Waals surface area contributed by atoms with Crippen molar-refractivity contribution in [2.45, 2.75) is 35.6 Å². The molecule has 0 nitrogen and oxygen atoms in total. The minimum atomic E-state index is 0. The Kier molecular flexibility index (Phi) is 31.0. The van der Waals surface area contributed by atoms with Crippen molar-refractivity contribution >= 4 is 21.1 Å². The van der Waals surface area contributed by atoms with Crippen LogP contribution in [-0.2, 0) is 0 Å². The first-order valence-electron chi connectivity index (χ1n) is 3.12. The minimum absolute atomic E-state index is 0. The number of halogens is 2. The molecule has 9 heavy (non-hydrogen) atoms. The molecular formula is C6H14Br2Sn-2. The van der Waals surface area contributed by atoms with Gasteiger partial charge in [0.2, 0.25) is 0 Å². The first kappa shape index (κ1) is 17.0. The van der Waals surface area contributed by atoms with E-state index in [1.165, 1.54) is 12.8 Å². The van der Waals surface area contributed by atoms with Crippen molar-refractivity contribution < 1.29 is 34.0 Å². The first-order valence-corrected chi connectivity index (χ1v) is 7.16. The van der Waals surface area contributed by atoms with Crippen LogP contribution in [0.4, 0.5) is 0 Å². The molecule has 0 aliphatic rings. The van der Waals surface area contributed by atoms with Gasteiger partial charge in [-0.25, -0.2) is 0 Å². The van der Waals surface area contributed by atoms with Crippen LogP contribution in [0.1, 0.15) is 26.7 Å². The van der Waals surface area contributed by atoms with Gasteiger partial charge < -0.3 is 34.0 Å². The van der Waals surface area contributed by atoms with Crippen molar-refractivity contribution in [1.82, 2.24) is 0 Å². The molecule has 0 unspecified atom stereocenters. The zero-order chi connectivity index (χ0) is 5.54. The Bertz CT molecular complexity index is 30.2. The summed E-state index contributed by atoms with van der Waals surface area (Å²) in [6.45, 7) is 4.58. The molecule has 3 heteroatoms. The molecule has 0 saturated heterocycles. The fourth-order valence-corrected chi connectivity index (χ4v) is 3.21. The van der Waals surface area contributed by atoms with Gasteiger partial charge in [-0.2, -0.15) is 0 Å². The maximum atomic E-state index is 2.29. The molecule has 0 fully saturated rings. The van der Waals surface area contributed by atoms with Gasteiger partial charge in [0.15, 0.2) is 0 Å². The van der Waals surface area contributed by atoms with Gasteiger partial charge in [0.05, 0.1) is 0 Å². The summed E-state index contributed by atoms with van der Waals surface area (Å²) in [5, 5.41) is 0. The van der Waals surface area contributed by atoms with Crippen LogP contribution < -0.4 is 34.0 Å². The Hall–Kier alpha value is 1.76. The fraction of sp³-hybridized carbons (Fsp3) is 1.00. The van der Waals surface area contributed by atoms with Crippen LogP contribution in [0.15, 0.2) is 0 Å². The van der Waals surface area contributed by atoms with E-state index < -0.39 is 0 Å². The Morgan fingerprint density at radius 3 is 1.44 bits per heavy atom. The molecule has 0 amide bonds. The van der Waals surface area contributed by atoms with Gasteiger partial charge in [-0.15, -0.1) is 0 Å². The maximum Gasteiger partial charge on any atom is -1.00 e. The summed E-state index contributed by atoms with van der Waals surface area (Å²) in [5.74, 6) is 0. The molecular weight excluding hydrogens is 351 g/mol. The van der Waals surface area contributed by atoms with Gasteiger partial charge in [-0.05, 0) is 0 Å². The molecule has 0 aromatic rings. The second-order valence-corrected chi connectivity index (χ2v) is 6.03. The smallest absolute Gasteiger partial charge is 1.00 e. The third-order valence-electron chi connectivity index (χ3n) is 0.854. The molecule has 0 N–H and O–H groups in total. The second kappa shape index (κ2) is 16.4. The number of hydrogen-bond acceptors (Lipinski definition) is 0. The van der Waals surface area contributed by atoms with Crippen molar-refractivity contribution in [2.24, 2.45) is 0 Å². The average molecular weight is 365 g/mol. The van der Waals surface area contributed by atoms with Crippen molar-refractivity contribution in [2.75, 3.05) is 0 Å². The van der Waals surface area contributed by atoms with E-state index in [0.29, 0.717) is 0 Å². The van der Waals surface area contributed by atoms with E-state index in [0.717, 1.165) is 0 Å². The molecule has 0 aromatic carbocycles. The van der Waals surface area contributed by atoms with E-state index in [1.54, 1.807) is 8.87 Å². The van der Waals surface area contributed by atoms with Crippen molar-refractivity contribution in [3.05, 3.63) is 0 Å². The van der Waals surface area contributed by atoms with Gasteiger partial charge in [0.1, 0.15) is 0 Å². The molecule has 0 atom stereocenters. The molecule has 0 spiro atoms. The van der Waals surface area contributed by atoms with Crippen LogP contribution in [0.5, 0.6) is 0 Å². The van der Waals surface area contributed by atoms with E-state index in [1.807, 2.05) is 0 Å². The van der Waals surface area contributed by atoms with E-state index in [9.17, 15) is 0 Å². The monoisotopic (exact) mass is 364 g/mol. The Morgan fingerprint density at radius 2 is 1.22 bits per heavy atom. The third-order valence-corrected chi connectivity index (χ3v) is 5.73. The van der Waals surface area contributed by atoms with Crippen LogP contribution in [0.2, 0.25) is 8.87 Å². The van der Waals surface area contributed by atoms with Gasteiger partial charge in [-0.1, -0.05) is 0 Å². The van der Waals surface area contributed by atoms with Crippen molar-refractivity contribution in [1.29, 1.82) is 0 Å². The van der Waals surface area contributed by atoms with Crippen LogP contribution in [0.3, 0.4) is 0 Å². The van der Waals surface area contributed by atoms with Crippen LogP contribution in [-0.4, -0.2) is 21.1 Å². The molecule has 2 radical (unpaired) electrons. The Morgan fingerprint density at radius 1 is 0.889 bits per heavy atom. The normalized spacial score (nSPS) is 7.33. The summed E-state index contributed by atoms with van der Waals surface area (Å²) in [6, 6.07) is 0. The molecule has 0 heterocycles. The molecule has 0 aromatic heterocycles. The Balaban J connectivity index is -0.000000180. The predicted molar refractivity (Wildman–Crippen MR) is 35.9 cm³/mol. The van der Waals surface area contributed by atoms with Crippen molar-refractivity contribution in [3.8, 4) is 0 Å². The van der Waals surface area contributed by atoms with E-state index in [4.69, 9.17) is 0 Å². The van der Waals surface area contributed by atoms with Gasteiger partial charge in [0, 0.05) is 0 Å². The summed E-state index contributed by atoms with van der Waals surface area (Å²) in [5.41, 5.74) is 0. The largest absolute Gasteiger partial charge is 1.00 e.